The first kappa shape index (κ1) is 75.5. The summed E-state index contributed by atoms with van der Waals surface area (Å²) in [5, 5.41) is 0. The van der Waals surface area contributed by atoms with Crippen LogP contribution in [0.1, 0.15) is 188 Å². The Bertz CT molecular complexity index is 3140. The molecule has 0 heterocycles. The summed E-state index contributed by atoms with van der Waals surface area (Å²) in [7, 11) is 0. The van der Waals surface area contributed by atoms with Gasteiger partial charge in [-0.25, -0.2) is 24.3 Å². The second-order valence-corrected chi connectivity index (χ2v) is 31.3. The number of hydrogen-bond donors (Lipinski definition) is 0. The van der Waals surface area contributed by atoms with Crippen LogP contribution in [-0.4, -0.2) is 6.41 Å². The van der Waals surface area contributed by atoms with Crippen molar-refractivity contribution in [2.45, 2.75) is 182 Å². The van der Waals surface area contributed by atoms with Gasteiger partial charge in [0.2, 0.25) is 0 Å². The van der Waals surface area contributed by atoms with Crippen LogP contribution >= 0.6 is 0 Å². The van der Waals surface area contributed by atoms with Crippen molar-refractivity contribution in [1.29, 1.82) is 0 Å². The van der Waals surface area contributed by atoms with E-state index in [1.165, 1.54) is 140 Å². The van der Waals surface area contributed by atoms with Crippen molar-refractivity contribution < 1.29 is 73.3 Å². The summed E-state index contributed by atoms with van der Waals surface area (Å²) in [5.41, 5.74) is 23.3. The van der Waals surface area contributed by atoms with Crippen LogP contribution in [0.5, 0.6) is 0 Å². The molecular formula is C86H96Cl2Zr2-2. The molecule has 0 saturated heterocycles. The molecule has 8 aromatic carbocycles. The van der Waals surface area contributed by atoms with Crippen LogP contribution in [0.4, 0.5) is 0 Å². The molecular weight excluding hydrogens is 1290 g/mol. The molecule has 0 amide bonds. The summed E-state index contributed by atoms with van der Waals surface area (Å²) in [5.74, 6) is 0. The quantitative estimate of drug-likeness (QED) is 0.107. The van der Waals surface area contributed by atoms with Crippen molar-refractivity contribution >= 4 is 6.41 Å². The van der Waals surface area contributed by atoms with Gasteiger partial charge in [-0.15, -0.1) is 24.0 Å². The van der Waals surface area contributed by atoms with Crippen molar-refractivity contribution in [3.05, 3.63) is 309 Å². The van der Waals surface area contributed by atoms with Crippen LogP contribution in [0.2, 0.25) is 0 Å². The number of allylic oxidation sites excluding steroid dienone is 8. The predicted octanol–water partition coefficient (Wildman–Crippen LogP) is 15.9. The first-order valence-electron chi connectivity index (χ1n) is 32.1. The van der Waals surface area contributed by atoms with Crippen molar-refractivity contribution in [3.8, 4) is 22.3 Å². The Labute approximate surface area is 587 Å². The third kappa shape index (κ3) is 25.0. The first-order valence-corrected chi connectivity index (χ1v) is 34.6. The van der Waals surface area contributed by atoms with Crippen LogP contribution in [0.15, 0.2) is 218 Å². The van der Waals surface area contributed by atoms with E-state index in [4.69, 9.17) is 0 Å². The Morgan fingerprint density at radius 3 is 0.867 bits per heavy atom. The summed E-state index contributed by atoms with van der Waals surface area (Å²) in [6, 6.07) is 73.3. The molecule has 0 unspecified atom stereocenters. The fourth-order valence-corrected chi connectivity index (χ4v) is 11.9. The second-order valence-electron chi connectivity index (χ2n) is 27.8. The molecule has 0 spiro atoms. The zero-order chi connectivity index (χ0) is 63.2. The monoisotopic (exact) mass is 1380 g/mol. The second kappa shape index (κ2) is 36.9. The van der Waals surface area contributed by atoms with Gasteiger partial charge in [-0.2, -0.15) is 70.8 Å². The molecule has 464 valence electrons. The topological polar surface area (TPSA) is 0 Å². The fraction of sp³-hybridized carbons (Fsp3) is 0.326. The maximum atomic E-state index is 3.53. The SMILES string of the molecule is CC(C)(C)c1c[c-]c2c(c1)-c1cc(C(C)(C)C)ccc1C2.CC(C)(C)c1c[c-]c2c(c1)-c1cc(C(C)(C)C)ccc1C2.[C-]1=CC=CC1.[C-]1=CC=CC1.[Cl-].[Cl-].[Zr+2]=[C](CCc1ccccc1)CCc1ccccc1.[Zr+2]=[C](CCc1ccccc1)CCc1ccccc1. The summed E-state index contributed by atoms with van der Waals surface area (Å²) in [6.45, 7) is 27.3. The van der Waals surface area contributed by atoms with E-state index >= 15 is 0 Å². The number of fused-ring (bicyclic) bond motifs is 6. The van der Waals surface area contributed by atoms with E-state index in [1.54, 1.807) is 54.9 Å². The number of benzene rings is 8. The van der Waals surface area contributed by atoms with Gasteiger partial charge < -0.3 is 24.8 Å². The van der Waals surface area contributed by atoms with Crippen molar-refractivity contribution in [2.75, 3.05) is 0 Å². The van der Waals surface area contributed by atoms with Gasteiger partial charge in [-0.05, 0) is 34.8 Å². The van der Waals surface area contributed by atoms with E-state index < -0.39 is 0 Å². The van der Waals surface area contributed by atoms with Gasteiger partial charge in [0.1, 0.15) is 0 Å². The third-order valence-corrected chi connectivity index (χ3v) is 18.9. The van der Waals surface area contributed by atoms with Crippen LogP contribution in [0.25, 0.3) is 22.3 Å². The predicted molar refractivity (Wildman–Crippen MR) is 374 cm³/mol. The molecule has 0 bridgehead atoms. The van der Waals surface area contributed by atoms with Crippen molar-refractivity contribution in [3.63, 3.8) is 0 Å². The number of rotatable bonds is 12. The molecule has 12 rings (SSSR count). The molecule has 0 aliphatic heterocycles. The van der Waals surface area contributed by atoms with Gasteiger partial charge >= 0.3 is 250 Å². The fourth-order valence-electron chi connectivity index (χ4n) is 10.7. The molecule has 0 nitrogen and oxygen atoms in total. The van der Waals surface area contributed by atoms with Gasteiger partial charge in [0.05, 0.1) is 0 Å². The van der Waals surface area contributed by atoms with Gasteiger partial charge in [0.15, 0.2) is 0 Å². The minimum atomic E-state index is 0. The van der Waals surface area contributed by atoms with E-state index in [1.807, 2.05) is 24.3 Å². The summed E-state index contributed by atoms with van der Waals surface area (Å²) in [4.78, 5) is 0. The van der Waals surface area contributed by atoms with Gasteiger partial charge in [-0.1, -0.05) is 153 Å². The number of hydrogen-bond acceptors (Lipinski definition) is 0. The summed E-state index contributed by atoms with van der Waals surface area (Å²) in [6.07, 6.45) is 31.8. The normalized spacial score (nSPS) is 12.6. The maximum absolute atomic E-state index is 3.53. The zero-order valence-corrected chi connectivity index (χ0v) is 62.5. The molecule has 0 aromatic heterocycles. The molecule has 90 heavy (non-hydrogen) atoms. The van der Waals surface area contributed by atoms with Gasteiger partial charge in [0.25, 0.3) is 0 Å². The van der Waals surface area contributed by atoms with Crippen molar-refractivity contribution in [2.24, 2.45) is 0 Å². The van der Waals surface area contributed by atoms with E-state index in [2.05, 4.69) is 302 Å². The van der Waals surface area contributed by atoms with E-state index in [9.17, 15) is 0 Å². The molecule has 0 atom stereocenters. The van der Waals surface area contributed by atoms with Gasteiger partial charge in [0, 0.05) is 0 Å². The Morgan fingerprint density at radius 2 is 0.633 bits per heavy atom. The number of halogens is 2. The molecule has 0 N–H and O–H groups in total. The Morgan fingerprint density at radius 1 is 0.356 bits per heavy atom. The van der Waals surface area contributed by atoms with E-state index in [0.717, 1.165) is 25.7 Å². The van der Waals surface area contributed by atoms with Crippen LogP contribution in [0, 0.1) is 24.3 Å². The Hall–Kier alpha value is -5.19. The van der Waals surface area contributed by atoms with Crippen LogP contribution in [-0.2, 0) is 109 Å². The Balaban J connectivity index is 0.000000206. The first-order chi connectivity index (χ1) is 42.0. The van der Waals surface area contributed by atoms with Crippen LogP contribution < -0.4 is 24.8 Å². The average molecular weight is 1380 g/mol. The molecule has 4 heteroatoms. The molecule has 4 aliphatic carbocycles. The molecule has 4 aliphatic rings. The third-order valence-electron chi connectivity index (χ3n) is 16.5. The average Bonchev–Trinajstić information content (AvgIpc) is 1.62. The Kier molecular flexibility index (Phi) is 31.0. The number of aryl methyl sites for hydroxylation is 4. The zero-order valence-electron chi connectivity index (χ0n) is 56.0. The van der Waals surface area contributed by atoms with Gasteiger partial charge in [-0.3, -0.25) is 12.2 Å². The standard InChI is InChI=1S/2C21H25.2C17H18.2C5H5.2ClH.2Zr/c2*1-20(2,3)16-9-7-14-11-15-8-10-17(21(4,5)6)13-19(15)18(14)12-16;2*1-4-10-16(11-5-1)14-8-3-9-15-17-12-6-2-7-13-17;2*1-2-4-5-3-1;;;;/h2*7,9-10,12-13H,11H2,1-6H3;2*1-2,4-7,10-13H,8-9,14-15H2;2*1-3H,4H2;2*1H;;/q2*-1;;;2*-1;;;2*+2/p-2. The molecule has 0 saturated carbocycles. The summed E-state index contributed by atoms with van der Waals surface area (Å²) >= 11 is 3.20. The molecule has 8 aromatic rings. The molecule has 0 radical (unpaired) electrons. The van der Waals surface area contributed by atoms with E-state index in [0.29, 0.717) is 0 Å². The van der Waals surface area contributed by atoms with Crippen molar-refractivity contribution in [1.82, 2.24) is 0 Å². The summed E-state index contributed by atoms with van der Waals surface area (Å²) < 4.78 is 3.38. The minimum absolute atomic E-state index is 0. The van der Waals surface area contributed by atoms with E-state index in [-0.39, 0.29) is 46.5 Å². The molecule has 0 fully saturated rings. The van der Waals surface area contributed by atoms with Crippen LogP contribution in [0.3, 0.4) is 0 Å².